The molecular formula is C37H36N2. The van der Waals surface area contributed by atoms with E-state index < -0.39 is 0 Å². The number of benzene rings is 5. The molecule has 5 aromatic rings. The number of nitrogens with zero attached hydrogens (tertiary/aromatic N) is 2. The minimum Gasteiger partial charge on any atom is -0.318 e. The molecule has 0 bridgehead atoms. The van der Waals surface area contributed by atoms with Crippen LogP contribution in [-0.2, 0) is 5.41 Å². The van der Waals surface area contributed by atoms with Crippen molar-refractivity contribution in [2.24, 2.45) is 0 Å². The molecule has 0 aliphatic carbocycles. The SMILES string of the molecule is Cc1ccccc1N1c2ccccc2N(c2c(-c3ccccc3)cc(C(C)(C)C)cc2-c2ccccc2)[C@@H]1C. The standard InChI is InChI=1S/C37H36N2/c1-26-16-12-13-21-33(26)38-27(2)39(35-23-15-14-22-34(35)38)36-31(28-17-8-6-9-18-28)24-30(37(3,4)5)25-32(36)29-19-10-7-11-20-29/h6-25,27H,1-5H3/t27-/m1/s1. The van der Waals surface area contributed by atoms with E-state index in [2.05, 4.69) is 166 Å². The van der Waals surface area contributed by atoms with Gasteiger partial charge in [0.1, 0.15) is 6.17 Å². The number of aryl methyl sites for hydroxylation is 1. The van der Waals surface area contributed by atoms with Gasteiger partial charge in [0.25, 0.3) is 0 Å². The van der Waals surface area contributed by atoms with Crippen molar-refractivity contribution in [3.05, 3.63) is 132 Å². The minimum atomic E-state index is 0.00725. The summed E-state index contributed by atoms with van der Waals surface area (Å²) < 4.78 is 0. The van der Waals surface area contributed by atoms with Gasteiger partial charge in [-0.05, 0) is 71.8 Å². The third-order valence-electron chi connectivity index (χ3n) is 7.91. The predicted molar refractivity (Wildman–Crippen MR) is 167 cm³/mol. The molecule has 0 N–H and O–H groups in total. The first-order valence-electron chi connectivity index (χ1n) is 13.9. The molecule has 1 atom stereocenters. The van der Waals surface area contributed by atoms with E-state index in [1.807, 2.05) is 0 Å². The van der Waals surface area contributed by atoms with Gasteiger partial charge in [0.05, 0.1) is 17.1 Å². The zero-order chi connectivity index (χ0) is 27.1. The summed E-state index contributed by atoms with van der Waals surface area (Å²) >= 11 is 0. The maximum absolute atomic E-state index is 2.55. The Bertz CT molecular complexity index is 1550. The van der Waals surface area contributed by atoms with E-state index in [1.54, 1.807) is 0 Å². The fourth-order valence-corrected chi connectivity index (χ4v) is 5.86. The van der Waals surface area contributed by atoms with Crippen LogP contribution in [0.1, 0.15) is 38.8 Å². The normalized spacial score (nSPS) is 14.9. The summed E-state index contributed by atoms with van der Waals surface area (Å²) in [6, 6.07) is 44.1. The fraction of sp³-hybridized carbons (Fsp3) is 0.189. The number of hydrogen-bond acceptors (Lipinski definition) is 2. The van der Waals surface area contributed by atoms with Gasteiger partial charge in [-0.25, -0.2) is 0 Å². The van der Waals surface area contributed by atoms with E-state index in [0.29, 0.717) is 0 Å². The van der Waals surface area contributed by atoms with Crippen LogP contribution in [0.5, 0.6) is 0 Å². The molecular weight excluding hydrogens is 472 g/mol. The molecule has 5 aromatic carbocycles. The van der Waals surface area contributed by atoms with Crippen LogP contribution in [0.3, 0.4) is 0 Å². The lowest BCUT2D eigenvalue weighted by Gasteiger charge is -2.35. The molecule has 6 rings (SSSR count). The lowest BCUT2D eigenvalue weighted by atomic mass is 9.82. The van der Waals surface area contributed by atoms with E-state index in [1.165, 1.54) is 56.1 Å². The second kappa shape index (κ2) is 9.78. The minimum absolute atomic E-state index is 0.00725. The Hall–Kier alpha value is -4.30. The molecule has 2 nitrogen and oxygen atoms in total. The molecule has 0 radical (unpaired) electrons. The van der Waals surface area contributed by atoms with Gasteiger partial charge in [0.15, 0.2) is 0 Å². The Morgan fingerprint density at radius 2 is 0.974 bits per heavy atom. The van der Waals surface area contributed by atoms with E-state index in [9.17, 15) is 0 Å². The maximum Gasteiger partial charge on any atom is 0.108 e. The van der Waals surface area contributed by atoms with E-state index >= 15 is 0 Å². The lowest BCUT2D eigenvalue weighted by molar-refractivity contribution is 0.590. The highest BCUT2D eigenvalue weighted by atomic mass is 15.4. The Kier molecular flexibility index (Phi) is 6.27. The van der Waals surface area contributed by atoms with Gasteiger partial charge < -0.3 is 9.80 Å². The highest BCUT2D eigenvalue weighted by Gasteiger charge is 2.38. The molecule has 194 valence electrons. The summed E-state index contributed by atoms with van der Waals surface area (Å²) in [6.07, 6.45) is 0.0777. The number of fused-ring (bicyclic) bond motifs is 1. The lowest BCUT2D eigenvalue weighted by Crippen LogP contribution is -2.36. The van der Waals surface area contributed by atoms with Crippen molar-refractivity contribution in [2.45, 2.75) is 46.2 Å². The highest BCUT2D eigenvalue weighted by molar-refractivity contribution is 5.99. The van der Waals surface area contributed by atoms with Crippen molar-refractivity contribution in [2.75, 3.05) is 9.80 Å². The highest BCUT2D eigenvalue weighted by Crippen LogP contribution is 2.53. The Labute approximate surface area is 233 Å². The average Bonchev–Trinajstić information content (AvgIpc) is 3.24. The number of rotatable bonds is 4. The van der Waals surface area contributed by atoms with E-state index in [-0.39, 0.29) is 11.6 Å². The van der Waals surface area contributed by atoms with Crippen molar-refractivity contribution >= 4 is 22.7 Å². The Morgan fingerprint density at radius 3 is 1.46 bits per heavy atom. The average molecular weight is 509 g/mol. The second-order valence-electron chi connectivity index (χ2n) is 11.5. The van der Waals surface area contributed by atoms with Gasteiger partial charge in [-0.1, -0.05) is 112 Å². The van der Waals surface area contributed by atoms with Crippen molar-refractivity contribution in [3.8, 4) is 22.3 Å². The summed E-state index contributed by atoms with van der Waals surface area (Å²) in [5.74, 6) is 0. The number of hydrogen-bond donors (Lipinski definition) is 0. The largest absolute Gasteiger partial charge is 0.318 e. The summed E-state index contributed by atoms with van der Waals surface area (Å²) in [6.45, 7) is 11.4. The zero-order valence-electron chi connectivity index (χ0n) is 23.5. The Morgan fingerprint density at radius 1 is 0.538 bits per heavy atom. The van der Waals surface area contributed by atoms with Gasteiger partial charge in [-0.15, -0.1) is 0 Å². The van der Waals surface area contributed by atoms with Crippen molar-refractivity contribution in [1.82, 2.24) is 0 Å². The third-order valence-corrected chi connectivity index (χ3v) is 7.91. The second-order valence-corrected chi connectivity index (χ2v) is 11.5. The van der Waals surface area contributed by atoms with E-state index in [0.717, 1.165) is 0 Å². The van der Waals surface area contributed by atoms with E-state index in [4.69, 9.17) is 0 Å². The quantitative estimate of drug-likeness (QED) is 0.238. The zero-order valence-corrected chi connectivity index (χ0v) is 23.5. The summed E-state index contributed by atoms with van der Waals surface area (Å²) in [7, 11) is 0. The summed E-state index contributed by atoms with van der Waals surface area (Å²) in [5, 5.41) is 0. The van der Waals surface area contributed by atoms with Crippen LogP contribution >= 0.6 is 0 Å². The number of anilines is 4. The summed E-state index contributed by atoms with van der Waals surface area (Å²) in [4.78, 5) is 5.05. The van der Waals surface area contributed by atoms with Gasteiger partial charge in [0, 0.05) is 16.8 Å². The van der Waals surface area contributed by atoms with Crippen molar-refractivity contribution in [1.29, 1.82) is 0 Å². The predicted octanol–water partition coefficient (Wildman–Crippen LogP) is 10.3. The van der Waals surface area contributed by atoms with Gasteiger partial charge in [-0.2, -0.15) is 0 Å². The molecule has 0 saturated heterocycles. The number of para-hydroxylation sites is 3. The smallest absolute Gasteiger partial charge is 0.108 e. The molecule has 39 heavy (non-hydrogen) atoms. The van der Waals surface area contributed by atoms with Crippen LogP contribution in [0.15, 0.2) is 121 Å². The molecule has 1 heterocycles. The summed E-state index contributed by atoms with van der Waals surface area (Å²) in [5.41, 5.74) is 12.5. The van der Waals surface area contributed by atoms with Crippen LogP contribution in [0.4, 0.5) is 22.7 Å². The molecule has 1 aliphatic heterocycles. The molecule has 0 amide bonds. The van der Waals surface area contributed by atoms with Crippen molar-refractivity contribution in [3.63, 3.8) is 0 Å². The van der Waals surface area contributed by atoms with Crippen molar-refractivity contribution < 1.29 is 0 Å². The van der Waals surface area contributed by atoms with Crippen LogP contribution in [0, 0.1) is 6.92 Å². The monoisotopic (exact) mass is 508 g/mol. The fourth-order valence-electron chi connectivity index (χ4n) is 5.86. The van der Waals surface area contributed by atoms with Gasteiger partial charge in [0.2, 0.25) is 0 Å². The third kappa shape index (κ3) is 4.40. The first kappa shape index (κ1) is 25.0. The molecule has 0 saturated carbocycles. The molecule has 0 unspecified atom stereocenters. The first-order chi connectivity index (χ1) is 18.8. The maximum atomic E-state index is 2.55. The molecule has 0 aromatic heterocycles. The van der Waals surface area contributed by atoms with Gasteiger partial charge >= 0.3 is 0 Å². The Balaban J connectivity index is 1.69. The first-order valence-corrected chi connectivity index (χ1v) is 13.9. The molecule has 0 fully saturated rings. The molecule has 0 spiro atoms. The van der Waals surface area contributed by atoms with Crippen LogP contribution in [0.25, 0.3) is 22.3 Å². The van der Waals surface area contributed by atoms with Crippen LogP contribution in [-0.4, -0.2) is 6.17 Å². The molecule has 2 heteroatoms. The van der Waals surface area contributed by atoms with Crippen LogP contribution < -0.4 is 9.80 Å². The topological polar surface area (TPSA) is 6.48 Å². The van der Waals surface area contributed by atoms with Crippen LogP contribution in [0.2, 0.25) is 0 Å². The molecule has 1 aliphatic rings. The van der Waals surface area contributed by atoms with Gasteiger partial charge in [-0.3, -0.25) is 0 Å².